The van der Waals surface area contributed by atoms with E-state index in [4.69, 9.17) is 0 Å². The first-order valence-corrected chi connectivity index (χ1v) is 6.59. The van der Waals surface area contributed by atoms with Gasteiger partial charge in [0, 0.05) is 13.6 Å². The van der Waals surface area contributed by atoms with Crippen LogP contribution in [0.2, 0.25) is 0 Å². The average Bonchev–Trinajstić information content (AvgIpc) is 2.30. The van der Waals surface area contributed by atoms with Crippen molar-refractivity contribution in [1.29, 1.82) is 0 Å². The third kappa shape index (κ3) is 3.19. The van der Waals surface area contributed by atoms with Gasteiger partial charge in [0.1, 0.15) is 10.4 Å². The minimum atomic E-state index is 0.750. The number of anilines is 1. The number of hydrogen-bond donors (Lipinski definition) is 1. The molecule has 0 aromatic carbocycles. The van der Waals surface area contributed by atoms with E-state index in [2.05, 4.69) is 44.2 Å². The van der Waals surface area contributed by atoms with Crippen molar-refractivity contribution < 1.29 is 0 Å². The lowest BCUT2D eigenvalue weighted by Crippen LogP contribution is -2.37. The molecule has 1 unspecified atom stereocenters. The van der Waals surface area contributed by atoms with Gasteiger partial charge in [-0.25, -0.2) is 4.98 Å². The molecule has 88 valence electrons. The van der Waals surface area contributed by atoms with Gasteiger partial charge < -0.3 is 10.2 Å². The molecule has 1 aliphatic heterocycles. The molecule has 0 bridgehead atoms. The maximum atomic E-state index is 4.46. The summed E-state index contributed by atoms with van der Waals surface area (Å²) in [5.74, 6) is 1.79. The van der Waals surface area contributed by atoms with Crippen molar-refractivity contribution in [3.8, 4) is 0 Å². The zero-order chi connectivity index (χ0) is 11.4. The van der Waals surface area contributed by atoms with Crippen LogP contribution in [0.5, 0.6) is 0 Å². The van der Waals surface area contributed by atoms with Crippen LogP contribution in [0.3, 0.4) is 0 Å². The lowest BCUT2D eigenvalue weighted by Gasteiger charge is -2.28. The van der Waals surface area contributed by atoms with Crippen molar-refractivity contribution in [1.82, 2.24) is 10.3 Å². The molecule has 1 aliphatic rings. The van der Waals surface area contributed by atoms with Crippen molar-refractivity contribution in [2.24, 2.45) is 5.92 Å². The molecular weight excluding hydrogens is 266 g/mol. The summed E-state index contributed by atoms with van der Waals surface area (Å²) < 4.78 is 0.901. The first-order chi connectivity index (χ1) is 7.75. The van der Waals surface area contributed by atoms with Crippen LogP contribution >= 0.6 is 15.9 Å². The molecule has 1 aromatic rings. The molecule has 0 aliphatic carbocycles. The molecule has 1 saturated heterocycles. The highest BCUT2D eigenvalue weighted by molar-refractivity contribution is 9.10. The van der Waals surface area contributed by atoms with Gasteiger partial charge >= 0.3 is 0 Å². The third-order valence-corrected chi connectivity index (χ3v) is 3.46. The number of nitrogens with one attached hydrogen (secondary N) is 1. The highest BCUT2D eigenvalue weighted by Gasteiger charge is 2.15. The van der Waals surface area contributed by atoms with Crippen LogP contribution in [0, 0.1) is 5.92 Å². The molecule has 1 fully saturated rings. The van der Waals surface area contributed by atoms with E-state index in [0.717, 1.165) is 29.4 Å². The number of pyridine rings is 1. The topological polar surface area (TPSA) is 28.2 Å². The maximum Gasteiger partial charge on any atom is 0.129 e. The molecule has 4 heteroatoms. The number of hydrogen-bond acceptors (Lipinski definition) is 3. The molecule has 0 saturated carbocycles. The van der Waals surface area contributed by atoms with E-state index in [1.807, 2.05) is 12.1 Å². The van der Waals surface area contributed by atoms with Crippen LogP contribution in [0.4, 0.5) is 5.82 Å². The summed E-state index contributed by atoms with van der Waals surface area (Å²) in [5, 5.41) is 3.45. The normalized spacial score (nSPS) is 20.8. The predicted octanol–water partition coefficient (Wildman–Crippen LogP) is 2.28. The molecule has 1 N–H and O–H groups in total. The Morgan fingerprint density at radius 2 is 2.44 bits per heavy atom. The number of aromatic nitrogens is 1. The van der Waals surface area contributed by atoms with Gasteiger partial charge in [-0.05, 0) is 59.9 Å². The summed E-state index contributed by atoms with van der Waals surface area (Å²) in [6.45, 7) is 3.39. The summed E-state index contributed by atoms with van der Waals surface area (Å²) in [5.41, 5.74) is 0. The first kappa shape index (κ1) is 11.9. The predicted molar refractivity (Wildman–Crippen MR) is 70.8 cm³/mol. The Kier molecular flexibility index (Phi) is 4.18. The monoisotopic (exact) mass is 283 g/mol. The highest BCUT2D eigenvalue weighted by atomic mass is 79.9. The van der Waals surface area contributed by atoms with Crippen molar-refractivity contribution in [2.45, 2.75) is 12.8 Å². The van der Waals surface area contributed by atoms with E-state index in [1.54, 1.807) is 0 Å². The fourth-order valence-electron chi connectivity index (χ4n) is 2.17. The second kappa shape index (κ2) is 5.64. The molecule has 2 heterocycles. The van der Waals surface area contributed by atoms with Gasteiger partial charge in [-0.1, -0.05) is 6.07 Å². The third-order valence-electron chi connectivity index (χ3n) is 3.02. The largest absolute Gasteiger partial charge is 0.359 e. The summed E-state index contributed by atoms with van der Waals surface area (Å²) in [7, 11) is 2.11. The maximum absolute atomic E-state index is 4.46. The Hall–Kier alpha value is -0.610. The fraction of sp³-hybridized carbons (Fsp3) is 0.583. The van der Waals surface area contributed by atoms with E-state index < -0.39 is 0 Å². The second-order valence-electron chi connectivity index (χ2n) is 4.41. The van der Waals surface area contributed by atoms with Gasteiger partial charge in [0.15, 0.2) is 0 Å². The minimum Gasteiger partial charge on any atom is -0.359 e. The van der Waals surface area contributed by atoms with Gasteiger partial charge in [-0.15, -0.1) is 0 Å². The van der Waals surface area contributed by atoms with Crippen LogP contribution in [-0.4, -0.2) is 31.7 Å². The lowest BCUT2D eigenvalue weighted by atomic mass is 9.99. The number of nitrogens with zero attached hydrogens (tertiary/aromatic N) is 2. The Bertz CT molecular complexity index is 337. The molecule has 16 heavy (non-hydrogen) atoms. The molecule has 0 radical (unpaired) electrons. The van der Waals surface area contributed by atoms with Gasteiger partial charge in [0.25, 0.3) is 0 Å². The Balaban J connectivity index is 1.94. The SMILES string of the molecule is CN(CC1CCCNC1)c1cccc(Br)n1. The molecule has 3 nitrogen and oxygen atoms in total. The Morgan fingerprint density at radius 1 is 1.56 bits per heavy atom. The van der Waals surface area contributed by atoms with Gasteiger partial charge in [-0.3, -0.25) is 0 Å². The van der Waals surface area contributed by atoms with E-state index >= 15 is 0 Å². The number of halogens is 1. The first-order valence-electron chi connectivity index (χ1n) is 5.80. The second-order valence-corrected chi connectivity index (χ2v) is 5.22. The Morgan fingerprint density at radius 3 is 3.12 bits per heavy atom. The lowest BCUT2D eigenvalue weighted by molar-refractivity contribution is 0.380. The zero-order valence-electron chi connectivity index (χ0n) is 9.62. The van der Waals surface area contributed by atoms with Crippen LogP contribution in [0.1, 0.15) is 12.8 Å². The van der Waals surface area contributed by atoms with Crippen molar-refractivity contribution in [3.63, 3.8) is 0 Å². The highest BCUT2D eigenvalue weighted by Crippen LogP contribution is 2.17. The average molecular weight is 284 g/mol. The Labute approximate surface area is 105 Å². The van der Waals surface area contributed by atoms with Crippen LogP contribution < -0.4 is 10.2 Å². The van der Waals surface area contributed by atoms with E-state index in [9.17, 15) is 0 Å². The summed E-state index contributed by atoms with van der Waals surface area (Å²) in [6, 6.07) is 6.04. The van der Waals surface area contributed by atoms with E-state index in [0.29, 0.717) is 0 Å². The standard InChI is InChI=1S/C12H18BrN3/c1-16(9-10-4-3-7-14-8-10)12-6-2-5-11(13)15-12/h2,5-6,10,14H,3-4,7-9H2,1H3. The van der Waals surface area contributed by atoms with E-state index in [-0.39, 0.29) is 0 Å². The van der Waals surface area contributed by atoms with Gasteiger partial charge in [-0.2, -0.15) is 0 Å². The van der Waals surface area contributed by atoms with E-state index in [1.165, 1.54) is 19.4 Å². The van der Waals surface area contributed by atoms with Crippen LogP contribution in [0.15, 0.2) is 22.8 Å². The van der Waals surface area contributed by atoms with Crippen molar-refractivity contribution >= 4 is 21.7 Å². The molecule has 1 atom stereocenters. The van der Waals surface area contributed by atoms with Crippen molar-refractivity contribution in [3.05, 3.63) is 22.8 Å². The summed E-state index contributed by atoms with van der Waals surface area (Å²) in [4.78, 5) is 6.70. The molecule has 0 spiro atoms. The van der Waals surface area contributed by atoms with Gasteiger partial charge in [0.05, 0.1) is 0 Å². The smallest absolute Gasteiger partial charge is 0.129 e. The quantitative estimate of drug-likeness (QED) is 0.863. The zero-order valence-corrected chi connectivity index (χ0v) is 11.2. The number of rotatable bonds is 3. The molecular formula is C12H18BrN3. The molecule has 1 aromatic heterocycles. The summed E-state index contributed by atoms with van der Waals surface area (Å²) >= 11 is 3.41. The van der Waals surface area contributed by atoms with Crippen LogP contribution in [-0.2, 0) is 0 Å². The van der Waals surface area contributed by atoms with Crippen molar-refractivity contribution in [2.75, 3.05) is 31.6 Å². The number of piperidine rings is 1. The van der Waals surface area contributed by atoms with Gasteiger partial charge in [0.2, 0.25) is 0 Å². The summed E-state index contributed by atoms with van der Waals surface area (Å²) in [6.07, 6.45) is 2.62. The molecule has 0 amide bonds. The minimum absolute atomic E-state index is 0.750. The molecule has 2 rings (SSSR count). The fourth-order valence-corrected chi connectivity index (χ4v) is 2.51. The van der Waals surface area contributed by atoms with Crippen LogP contribution in [0.25, 0.3) is 0 Å².